The summed E-state index contributed by atoms with van der Waals surface area (Å²) in [4.78, 5) is 18.8. The Bertz CT molecular complexity index is 862. The number of benzene rings is 2. The highest BCUT2D eigenvalue weighted by atomic mass is 16.2. The molecular formula is C20H21N5O. The van der Waals surface area contributed by atoms with Crippen LogP contribution in [0.3, 0.4) is 0 Å². The van der Waals surface area contributed by atoms with Gasteiger partial charge in [0, 0.05) is 30.8 Å². The molecule has 26 heavy (non-hydrogen) atoms. The minimum atomic E-state index is -0.0405. The minimum Gasteiger partial charge on any atom is -0.324 e. The molecule has 2 aromatic carbocycles. The van der Waals surface area contributed by atoms with Crippen molar-refractivity contribution in [3.05, 3.63) is 66.5 Å². The molecule has 1 aromatic heterocycles. The Balaban J connectivity index is 1.33. The van der Waals surface area contributed by atoms with Crippen LogP contribution in [0.4, 0.5) is 10.5 Å². The van der Waals surface area contributed by atoms with Crippen LogP contribution in [0.15, 0.2) is 60.7 Å². The predicted molar refractivity (Wildman–Crippen MR) is 101 cm³/mol. The van der Waals surface area contributed by atoms with Gasteiger partial charge in [-0.15, -0.1) is 0 Å². The number of likely N-dealkylation sites (tertiary alicyclic amines) is 1. The summed E-state index contributed by atoms with van der Waals surface area (Å²) >= 11 is 0. The molecule has 1 fully saturated rings. The third kappa shape index (κ3) is 3.74. The summed E-state index contributed by atoms with van der Waals surface area (Å²) in [5.41, 5.74) is 1.83. The maximum atomic E-state index is 12.4. The first-order chi connectivity index (χ1) is 12.8. The SMILES string of the molecule is O=C(Nc1ccccc1)N1CCC(Cc2nc(-c3ccccc3)n[nH]2)C1. The van der Waals surface area contributed by atoms with Crippen LogP contribution in [0.2, 0.25) is 0 Å². The van der Waals surface area contributed by atoms with E-state index >= 15 is 0 Å². The van der Waals surface area contributed by atoms with Crippen molar-refractivity contribution in [2.24, 2.45) is 5.92 Å². The summed E-state index contributed by atoms with van der Waals surface area (Å²) < 4.78 is 0. The fourth-order valence-electron chi connectivity index (χ4n) is 3.28. The molecule has 4 rings (SSSR count). The second kappa shape index (κ2) is 7.39. The maximum Gasteiger partial charge on any atom is 0.321 e. The molecule has 2 heterocycles. The Morgan fingerprint density at radius 3 is 2.62 bits per heavy atom. The predicted octanol–water partition coefficient (Wildman–Crippen LogP) is 3.57. The van der Waals surface area contributed by atoms with Crippen molar-refractivity contribution >= 4 is 11.7 Å². The second-order valence-corrected chi connectivity index (χ2v) is 6.57. The number of para-hydroxylation sites is 1. The average molecular weight is 347 g/mol. The normalized spacial score (nSPS) is 16.6. The van der Waals surface area contributed by atoms with E-state index < -0.39 is 0 Å². The van der Waals surface area contributed by atoms with Gasteiger partial charge in [-0.1, -0.05) is 48.5 Å². The van der Waals surface area contributed by atoms with Gasteiger partial charge in [0.2, 0.25) is 0 Å². The van der Waals surface area contributed by atoms with Gasteiger partial charge in [0.15, 0.2) is 5.82 Å². The van der Waals surface area contributed by atoms with Gasteiger partial charge in [-0.2, -0.15) is 5.10 Å². The molecule has 2 N–H and O–H groups in total. The second-order valence-electron chi connectivity index (χ2n) is 6.57. The summed E-state index contributed by atoms with van der Waals surface area (Å²) in [5, 5.41) is 10.3. The summed E-state index contributed by atoms with van der Waals surface area (Å²) in [6, 6.07) is 19.4. The molecule has 3 aromatic rings. The Morgan fingerprint density at radius 2 is 1.85 bits per heavy atom. The molecule has 1 atom stereocenters. The van der Waals surface area contributed by atoms with Crippen LogP contribution in [0.5, 0.6) is 0 Å². The molecule has 6 heteroatoms. The van der Waals surface area contributed by atoms with Crippen LogP contribution in [0, 0.1) is 5.92 Å². The number of hydrogen-bond acceptors (Lipinski definition) is 3. The first-order valence-electron chi connectivity index (χ1n) is 8.85. The summed E-state index contributed by atoms with van der Waals surface area (Å²) in [6.07, 6.45) is 1.78. The number of aromatic amines is 1. The van der Waals surface area contributed by atoms with E-state index in [0.717, 1.165) is 48.8 Å². The highest BCUT2D eigenvalue weighted by Gasteiger charge is 2.27. The topological polar surface area (TPSA) is 73.9 Å². The fourth-order valence-corrected chi connectivity index (χ4v) is 3.28. The van der Waals surface area contributed by atoms with Crippen molar-refractivity contribution in [1.82, 2.24) is 20.1 Å². The molecular weight excluding hydrogens is 326 g/mol. The summed E-state index contributed by atoms with van der Waals surface area (Å²) in [5.74, 6) is 1.99. The molecule has 0 spiro atoms. The van der Waals surface area contributed by atoms with Crippen LogP contribution in [-0.4, -0.2) is 39.2 Å². The molecule has 132 valence electrons. The van der Waals surface area contributed by atoms with Crippen molar-refractivity contribution in [1.29, 1.82) is 0 Å². The number of anilines is 1. The van der Waals surface area contributed by atoms with Crippen LogP contribution in [-0.2, 0) is 6.42 Å². The van der Waals surface area contributed by atoms with Crippen LogP contribution in [0.25, 0.3) is 11.4 Å². The van der Waals surface area contributed by atoms with Crippen LogP contribution in [0.1, 0.15) is 12.2 Å². The van der Waals surface area contributed by atoms with Crippen molar-refractivity contribution in [2.45, 2.75) is 12.8 Å². The largest absolute Gasteiger partial charge is 0.324 e. The molecule has 0 aliphatic carbocycles. The zero-order chi connectivity index (χ0) is 17.8. The number of nitrogens with zero attached hydrogens (tertiary/aromatic N) is 3. The van der Waals surface area contributed by atoms with Gasteiger partial charge in [-0.3, -0.25) is 5.10 Å². The Morgan fingerprint density at radius 1 is 1.12 bits per heavy atom. The zero-order valence-corrected chi connectivity index (χ0v) is 14.4. The van der Waals surface area contributed by atoms with E-state index in [1.165, 1.54) is 0 Å². The van der Waals surface area contributed by atoms with Crippen LogP contribution >= 0.6 is 0 Å². The van der Waals surface area contributed by atoms with Gasteiger partial charge in [0.1, 0.15) is 5.82 Å². The summed E-state index contributed by atoms with van der Waals surface area (Å²) in [6.45, 7) is 1.50. The number of H-pyrrole nitrogens is 1. The standard InChI is InChI=1S/C20H21N5O/c26-20(21-17-9-5-2-6-10-17)25-12-11-15(14-25)13-18-22-19(24-23-18)16-7-3-1-4-8-16/h1-10,15H,11-14H2,(H,21,26)(H,22,23,24). The lowest BCUT2D eigenvalue weighted by Gasteiger charge is -2.17. The zero-order valence-electron chi connectivity index (χ0n) is 14.4. The van der Waals surface area contributed by atoms with E-state index in [9.17, 15) is 4.79 Å². The lowest BCUT2D eigenvalue weighted by atomic mass is 10.1. The Labute approximate surface area is 152 Å². The first kappa shape index (κ1) is 16.3. The Hall–Kier alpha value is -3.15. The number of aromatic nitrogens is 3. The quantitative estimate of drug-likeness (QED) is 0.758. The maximum absolute atomic E-state index is 12.4. The number of urea groups is 1. The van der Waals surface area contributed by atoms with Crippen LogP contribution < -0.4 is 5.32 Å². The highest BCUT2D eigenvalue weighted by molar-refractivity contribution is 5.89. The number of carbonyl (C=O) groups excluding carboxylic acids is 1. The van der Waals surface area contributed by atoms with Crippen molar-refractivity contribution < 1.29 is 4.79 Å². The van der Waals surface area contributed by atoms with Gasteiger partial charge in [-0.05, 0) is 24.5 Å². The molecule has 2 amide bonds. The Kier molecular flexibility index (Phi) is 4.64. The molecule has 0 bridgehead atoms. The molecule has 0 radical (unpaired) electrons. The molecule has 6 nitrogen and oxygen atoms in total. The molecule has 1 unspecified atom stereocenters. The molecule has 1 aliphatic rings. The van der Waals surface area contributed by atoms with E-state index in [2.05, 4.69) is 20.5 Å². The minimum absolute atomic E-state index is 0.0405. The third-order valence-electron chi connectivity index (χ3n) is 4.64. The van der Waals surface area contributed by atoms with Gasteiger partial charge in [0.25, 0.3) is 0 Å². The van der Waals surface area contributed by atoms with Gasteiger partial charge in [-0.25, -0.2) is 9.78 Å². The van der Waals surface area contributed by atoms with E-state index in [1.807, 2.05) is 65.6 Å². The number of nitrogens with one attached hydrogen (secondary N) is 2. The van der Waals surface area contributed by atoms with E-state index in [1.54, 1.807) is 0 Å². The number of hydrogen-bond donors (Lipinski definition) is 2. The lowest BCUT2D eigenvalue weighted by Crippen LogP contribution is -2.33. The van der Waals surface area contributed by atoms with Crippen molar-refractivity contribution in [2.75, 3.05) is 18.4 Å². The smallest absolute Gasteiger partial charge is 0.321 e. The van der Waals surface area contributed by atoms with E-state index in [4.69, 9.17) is 0 Å². The van der Waals surface area contributed by atoms with E-state index in [-0.39, 0.29) is 6.03 Å². The van der Waals surface area contributed by atoms with Gasteiger partial charge >= 0.3 is 6.03 Å². The number of amides is 2. The number of carbonyl (C=O) groups is 1. The van der Waals surface area contributed by atoms with Gasteiger partial charge < -0.3 is 10.2 Å². The van der Waals surface area contributed by atoms with Crippen molar-refractivity contribution in [3.63, 3.8) is 0 Å². The molecule has 0 saturated carbocycles. The highest BCUT2D eigenvalue weighted by Crippen LogP contribution is 2.22. The molecule has 1 aliphatic heterocycles. The fraction of sp³-hybridized carbons (Fsp3) is 0.250. The lowest BCUT2D eigenvalue weighted by molar-refractivity contribution is 0.220. The monoisotopic (exact) mass is 347 g/mol. The third-order valence-corrected chi connectivity index (χ3v) is 4.64. The molecule has 1 saturated heterocycles. The summed E-state index contributed by atoms with van der Waals surface area (Å²) in [7, 11) is 0. The number of rotatable bonds is 4. The van der Waals surface area contributed by atoms with E-state index in [0.29, 0.717) is 5.92 Å². The van der Waals surface area contributed by atoms with Crippen molar-refractivity contribution in [3.8, 4) is 11.4 Å². The first-order valence-corrected chi connectivity index (χ1v) is 8.85. The van der Waals surface area contributed by atoms with Gasteiger partial charge in [0.05, 0.1) is 0 Å². The average Bonchev–Trinajstić information content (AvgIpc) is 3.33.